The molecule has 0 aliphatic rings. The highest BCUT2D eigenvalue weighted by Crippen LogP contribution is 2.11. The van der Waals surface area contributed by atoms with Crippen LogP contribution in [0.3, 0.4) is 0 Å². The van der Waals surface area contributed by atoms with E-state index in [1.807, 2.05) is 24.0 Å². The number of carbonyl (C=O) groups excluding carboxylic acids is 1. The highest BCUT2D eigenvalue weighted by molar-refractivity contribution is 5.76. The predicted molar refractivity (Wildman–Crippen MR) is 78.9 cm³/mol. The van der Waals surface area contributed by atoms with Crippen molar-refractivity contribution in [2.45, 2.75) is 26.9 Å². The van der Waals surface area contributed by atoms with E-state index in [-0.39, 0.29) is 12.5 Å². The summed E-state index contributed by atoms with van der Waals surface area (Å²) in [6.45, 7) is 5.55. The molecule has 1 heterocycles. The maximum absolute atomic E-state index is 12.3. The summed E-state index contributed by atoms with van der Waals surface area (Å²) in [6.07, 6.45) is 1.72. The van der Waals surface area contributed by atoms with Gasteiger partial charge in [0.15, 0.2) is 0 Å². The number of nitrogen functional groups attached to an aromatic ring is 1. The fourth-order valence-electron chi connectivity index (χ4n) is 2.07. The lowest BCUT2D eigenvalue weighted by molar-refractivity contribution is -0.132. The third-order valence-corrected chi connectivity index (χ3v) is 3.32. The number of rotatable bonds is 5. The zero-order valence-electron chi connectivity index (χ0n) is 11.9. The number of nitrogens with two attached hydrogens (primary N) is 1. The summed E-state index contributed by atoms with van der Waals surface area (Å²) in [5.41, 5.74) is 7.92. The minimum Gasteiger partial charge on any atom is -0.382 e. The fourth-order valence-corrected chi connectivity index (χ4v) is 2.07. The molecule has 1 aromatic carbocycles. The largest absolute Gasteiger partial charge is 0.382 e. The molecule has 0 radical (unpaired) electrons. The van der Waals surface area contributed by atoms with Crippen molar-refractivity contribution in [2.75, 3.05) is 12.3 Å². The van der Waals surface area contributed by atoms with E-state index >= 15 is 0 Å². The number of hydrogen-bond acceptors (Lipinski definition) is 3. The zero-order chi connectivity index (χ0) is 14.5. The van der Waals surface area contributed by atoms with Gasteiger partial charge in [0, 0.05) is 19.3 Å². The lowest BCUT2D eigenvalue weighted by Crippen LogP contribution is -2.33. The Labute approximate surface area is 119 Å². The maximum atomic E-state index is 12.3. The lowest BCUT2D eigenvalue weighted by Gasteiger charge is -2.22. The van der Waals surface area contributed by atoms with E-state index in [0.717, 1.165) is 0 Å². The summed E-state index contributed by atoms with van der Waals surface area (Å²) in [4.78, 5) is 14.1. The highest BCUT2D eigenvalue weighted by Gasteiger charge is 2.14. The molecule has 5 nitrogen and oxygen atoms in total. The molecule has 2 rings (SSSR count). The van der Waals surface area contributed by atoms with Gasteiger partial charge in [0.05, 0.1) is 0 Å². The molecule has 0 bridgehead atoms. The van der Waals surface area contributed by atoms with E-state index in [2.05, 4.69) is 24.2 Å². The number of likely N-dealkylation sites (N-methyl/N-ethyl adjacent to an activating group) is 1. The number of hydrogen-bond donors (Lipinski definition) is 1. The third-order valence-electron chi connectivity index (χ3n) is 3.32. The van der Waals surface area contributed by atoms with Crippen LogP contribution in [0.4, 0.5) is 5.82 Å². The van der Waals surface area contributed by atoms with E-state index in [0.29, 0.717) is 18.9 Å². The first-order valence-electron chi connectivity index (χ1n) is 6.71. The first kappa shape index (κ1) is 14.1. The van der Waals surface area contributed by atoms with Crippen molar-refractivity contribution in [3.63, 3.8) is 0 Å². The molecule has 0 aliphatic carbocycles. The molecular formula is C15H20N4O. The van der Waals surface area contributed by atoms with E-state index in [1.54, 1.807) is 16.9 Å². The smallest absolute Gasteiger partial charge is 0.244 e. The number of carbonyl (C=O) groups is 1. The Morgan fingerprint density at radius 1 is 1.35 bits per heavy atom. The molecule has 106 valence electrons. The topological polar surface area (TPSA) is 64.2 Å². The quantitative estimate of drug-likeness (QED) is 0.903. The third kappa shape index (κ3) is 3.38. The van der Waals surface area contributed by atoms with E-state index in [9.17, 15) is 4.79 Å². The number of aromatic nitrogens is 2. The summed E-state index contributed by atoms with van der Waals surface area (Å²) < 4.78 is 1.57. The summed E-state index contributed by atoms with van der Waals surface area (Å²) >= 11 is 0. The van der Waals surface area contributed by atoms with Crippen LogP contribution < -0.4 is 5.73 Å². The van der Waals surface area contributed by atoms with Gasteiger partial charge in [-0.15, -0.1) is 0 Å². The minimum atomic E-state index is 0.0406. The van der Waals surface area contributed by atoms with Gasteiger partial charge in [-0.05, 0) is 31.0 Å². The molecular weight excluding hydrogens is 252 g/mol. The summed E-state index contributed by atoms with van der Waals surface area (Å²) in [5, 5.41) is 4.04. The average Bonchev–Trinajstić information content (AvgIpc) is 2.83. The van der Waals surface area contributed by atoms with Crippen LogP contribution in [-0.2, 0) is 17.9 Å². The van der Waals surface area contributed by atoms with Crippen molar-refractivity contribution in [2.24, 2.45) is 0 Å². The first-order valence-corrected chi connectivity index (χ1v) is 6.71. The second-order valence-electron chi connectivity index (χ2n) is 4.77. The first-order chi connectivity index (χ1) is 9.60. The van der Waals surface area contributed by atoms with Gasteiger partial charge in [-0.25, -0.2) is 0 Å². The molecule has 2 aromatic rings. The number of anilines is 1. The van der Waals surface area contributed by atoms with Gasteiger partial charge >= 0.3 is 0 Å². The second kappa shape index (κ2) is 6.23. The normalized spacial score (nSPS) is 10.5. The molecule has 0 saturated carbocycles. The molecule has 5 heteroatoms. The molecule has 0 unspecified atom stereocenters. The Morgan fingerprint density at radius 3 is 2.70 bits per heavy atom. The van der Waals surface area contributed by atoms with E-state index in [4.69, 9.17) is 5.73 Å². The van der Waals surface area contributed by atoms with Crippen LogP contribution in [-0.4, -0.2) is 27.1 Å². The van der Waals surface area contributed by atoms with Crippen LogP contribution in [0.2, 0.25) is 0 Å². The van der Waals surface area contributed by atoms with E-state index in [1.165, 1.54) is 11.1 Å². The molecule has 0 atom stereocenters. The fraction of sp³-hybridized carbons (Fsp3) is 0.333. The SMILES string of the molecule is CCN(Cc1ccccc1C)C(=O)Cn1ccc(N)n1. The van der Waals surface area contributed by atoms with Gasteiger partial charge in [0.2, 0.25) is 5.91 Å². The number of benzene rings is 1. The predicted octanol–water partition coefficient (Wildman–Crippen LogP) is 1.82. The number of aryl methyl sites for hydroxylation is 1. The summed E-state index contributed by atoms with van der Waals surface area (Å²) in [5.74, 6) is 0.471. The molecule has 1 aromatic heterocycles. The van der Waals surface area contributed by atoms with Crippen molar-refractivity contribution in [1.82, 2.24) is 14.7 Å². The summed E-state index contributed by atoms with van der Waals surface area (Å²) in [6, 6.07) is 9.79. The molecule has 20 heavy (non-hydrogen) atoms. The Balaban J connectivity index is 2.04. The average molecular weight is 272 g/mol. The standard InChI is InChI=1S/C15H20N4O/c1-3-18(10-13-7-5-4-6-12(13)2)15(20)11-19-9-8-14(16)17-19/h4-9H,3,10-11H2,1-2H3,(H2,16,17). The zero-order valence-corrected chi connectivity index (χ0v) is 11.9. The summed E-state index contributed by atoms with van der Waals surface area (Å²) in [7, 11) is 0. The van der Waals surface area contributed by atoms with Crippen LogP contribution in [0.1, 0.15) is 18.1 Å². The van der Waals surface area contributed by atoms with Crippen LogP contribution in [0.15, 0.2) is 36.5 Å². The number of amides is 1. The van der Waals surface area contributed by atoms with Crippen LogP contribution in [0.5, 0.6) is 0 Å². The molecule has 2 N–H and O–H groups in total. The second-order valence-corrected chi connectivity index (χ2v) is 4.77. The van der Waals surface area contributed by atoms with Crippen molar-refractivity contribution >= 4 is 11.7 Å². The van der Waals surface area contributed by atoms with Crippen LogP contribution >= 0.6 is 0 Å². The van der Waals surface area contributed by atoms with Gasteiger partial charge in [-0.1, -0.05) is 24.3 Å². The molecule has 0 aliphatic heterocycles. The van der Waals surface area contributed by atoms with Crippen molar-refractivity contribution in [1.29, 1.82) is 0 Å². The Bertz CT molecular complexity index is 591. The van der Waals surface area contributed by atoms with Crippen LogP contribution in [0, 0.1) is 6.92 Å². The maximum Gasteiger partial charge on any atom is 0.244 e. The van der Waals surface area contributed by atoms with Gasteiger partial charge in [-0.2, -0.15) is 5.10 Å². The van der Waals surface area contributed by atoms with Gasteiger partial charge in [-0.3, -0.25) is 9.48 Å². The van der Waals surface area contributed by atoms with Gasteiger partial charge < -0.3 is 10.6 Å². The minimum absolute atomic E-state index is 0.0406. The van der Waals surface area contributed by atoms with Gasteiger partial charge in [0.1, 0.15) is 12.4 Å². The molecule has 1 amide bonds. The molecule has 0 spiro atoms. The Hall–Kier alpha value is -2.30. The van der Waals surface area contributed by atoms with Crippen molar-refractivity contribution in [3.05, 3.63) is 47.7 Å². The van der Waals surface area contributed by atoms with Gasteiger partial charge in [0.25, 0.3) is 0 Å². The van der Waals surface area contributed by atoms with E-state index < -0.39 is 0 Å². The lowest BCUT2D eigenvalue weighted by atomic mass is 10.1. The highest BCUT2D eigenvalue weighted by atomic mass is 16.2. The van der Waals surface area contributed by atoms with Crippen molar-refractivity contribution in [3.8, 4) is 0 Å². The number of nitrogens with zero attached hydrogens (tertiary/aromatic N) is 3. The Kier molecular flexibility index (Phi) is 4.40. The monoisotopic (exact) mass is 272 g/mol. The van der Waals surface area contributed by atoms with Crippen LogP contribution in [0.25, 0.3) is 0 Å². The Morgan fingerprint density at radius 2 is 2.10 bits per heavy atom. The van der Waals surface area contributed by atoms with Crippen molar-refractivity contribution < 1.29 is 4.79 Å². The molecule has 0 fully saturated rings. The molecule has 0 saturated heterocycles.